The molecule has 0 saturated carbocycles. The summed E-state index contributed by atoms with van der Waals surface area (Å²) in [6.45, 7) is 7.72. The molecule has 2 rings (SSSR count). The van der Waals surface area contributed by atoms with Gasteiger partial charge in [0.25, 0.3) is 5.91 Å². The lowest BCUT2D eigenvalue weighted by molar-refractivity contribution is 0.0940. The first-order valence-corrected chi connectivity index (χ1v) is 7.15. The molecule has 0 spiro atoms. The van der Waals surface area contributed by atoms with Gasteiger partial charge in [-0.15, -0.1) is 0 Å². The highest BCUT2D eigenvalue weighted by Crippen LogP contribution is 2.22. The Morgan fingerprint density at radius 1 is 1.20 bits per heavy atom. The van der Waals surface area contributed by atoms with E-state index in [2.05, 4.69) is 31.3 Å². The zero-order valence-corrected chi connectivity index (χ0v) is 12.4. The van der Waals surface area contributed by atoms with Crippen molar-refractivity contribution >= 4 is 5.91 Å². The predicted molar refractivity (Wildman–Crippen MR) is 82.7 cm³/mol. The molecule has 0 aliphatic carbocycles. The van der Waals surface area contributed by atoms with Crippen LogP contribution in [0.1, 0.15) is 31.3 Å². The molecular formula is C17H22N2O. The van der Waals surface area contributed by atoms with E-state index in [0.717, 1.165) is 23.4 Å². The summed E-state index contributed by atoms with van der Waals surface area (Å²) in [5, 5.41) is 2.98. The number of aryl methyl sites for hydroxylation is 1. The van der Waals surface area contributed by atoms with Crippen LogP contribution in [0.15, 0.2) is 42.6 Å². The van der Waals surface area contributed by atoms with E-state index < -0.39 is 0 Å². The van der Waals surface area contributed by atoms with E-state index in [0.29, 0.717) is 12.5 Å². The molecule has 0 bridgehead atoms. The minimum atomic E-state index is 0.00253. The molecule has 0 aliphatic heterocycles. The second kappa shape index (κ2) is 6.42. The third-order valence-corrected chi connectivity index (χ3v) is 3.25. The van der Waals surface area contributed by atoms with E-state index in [1.807, 2.05) is 42.0 Å². The highest BCUT2D eigenvalue weighted by atomic mass is 16.1. The Bertz CT molecular complexity index is 570. The lowest BCUT2D eigenvalue weighted by Crippen LogP contribution is -2.29. The lowest BCUT2D eigenvalue weighted by atomic mass is 10.1. The predicted octanol–water partition coefficient (Wildman–Crippen LogP) is 3.56. The number of nitrogens with zero attached hydrogens (tertiary/aromatic N) is 1. The molecular weight excluding hydrogens is 248 g/mol. The number of carbonyl (C=O) groups is 1. The first kappa shape index (κ1) is 14.4. The number of benzene rings is 1. The van der Waals surface area contributed by atoms with Crippen molar-refractivity contribution in [2.24, 2.45) is 5.92 Å². The molecule has 20 heavy (non-hydrogen) atoms. The minimum Gasteiger partial charge on any atom is -0.351 e. The monoisotopic (exact) mass is 270 g/mol. The van der Waals surface area contributed by atoms with E-state index in [-0.39, 0.29) is 5.91 Å². The first-order valence-electron chi connectivity index (χ1n) is 7.15. The van der Waals surface area contributed by atoms with Gasteiger partial charge in [-0.1, -0.05) is 44.2 Å². The summed E-state index contributed by atoms with van der Waals surface area (Å²) in [6, 6.07) is 12.1. The van der Waals surface area contributed by atoms with Crippen LogP contribution in [-0.2, 0) is 6.54 Å². The number of carbonyl (C=O) groups excluding carboxylic acids is 1. The van der Waals surface area contributed by atoms with Crippen molar-refractivity contribution in [3.63, 3.8) is 0 Å². The average molecular weight is 270 g/mol. The number of nitrogens with one attached hydrogen (secondary N) is 1. The summed E-state index contributed by atoms with van der Waals surface area (Å²) in [5.74, 6) is 0.459. The normalized spacial score (nSPS) is 10.8. The van der Waals surface area contributed by atoms with Crippen LogP contribution in [0.25, 0.3) is 11.1 Å². The molecule has 0 unspecified atom stereocenters. The molecule has 0 atom stereocenters. The second-order valence-corrected chi connectivity index (χ2v) is 5.37. The van der Waals surface area contributed by atoms with Gasteiger partial charge in [0.1, 0.15) is 5.69 Å². The first-order chi connectivity index (χ1) is 9.61. The smallest absolute Gasteiger partial charge is 0.267 e. The van der Waals surface area contributed by atoms with Crippen molar-refractivity contribution in [3.05, 3.63) is 48.3 Å². The van der Waals surface area contributed by atoms with Crippen LogP contribution >= 0.6 is 0 Å². The van der Waals surface area contributed by atoms with Gasteiger partial charge >= 0.3 is 0 Å². The largest absolute Gasteiger partial charge is 0.351 e. The van der Waals surface area contributed by atoms with Crippen molar-refractivity contribution in [1.29, 1.82) is 0 Å². The SMILES string of the molecule is CCn1cc(-c2ccccc2)cc1C(=O)NCC(C)C. The maximum atomic E-state index is 12.2. The lowest BCUT2D eigenvalue weighted by Gasteiger charge is -2.09. The van der Waals surface area contributed by atoms with Gasteiger partial charge < -0.3 is 9.88 Å². The topological polar surface area (TPSA) is 34.0 Å². The molecule has 0 aliphatic rings. The number of amides is 1. The Morgan fingerprint density at radius 2 is 1.90 bits per heavy atom. The van der Waals surface area contributed by atoms with E-state index in [1.54, 1.807) is 0 Å². The quantitative estimate of drug-likeness (QED) is 0.885. The Labute approximate surface area is 120 Å². The molecule has 0 saturated heterocycles. The van der Waals surface area contributed by atoms with E-state index in [1.165, 1.54) is 0 Å². The van der Waals surface area contributed by atoms with Gasteiger partial charge in [0.05, 0.1) is 0 Å². The van der Waals surface area contributed by atoms with Gasteiger partial charge in [0.2, 0.25) is 0 Å². The zero-order valence-electron chi connectivity index (χ0n) is 12.4. The summed E-state index contributed by atoms with van der Waals surface area (Å²) >= 11 is 0. The summed E-state index contributed by atoms with van der Waals surface area (Å²) in [5.41, 5.74) is 2.95. The molecule has 1 aromatic heterocycles. The van der Waals surface area contributed by atoms with Crippen LogP contribution < -0.4 is 5.32 Å². The summed E-state index contributed by atoms with van der Waals surface area (Å²) in [6.07, 6.45) is 2.04. The summed E-state index contributed by atoms with van der Waals surface area (Å²) in [4.78, 5) is 12.2. The number of hydrogen-bond acceptors (Lipinski definition) is 1. The molecule has 1 aromatic carbocycles. The average Bonchev–Trinajstić information content (AvgIpc) is 2.90. The van der Waals surface area contributed by atoms with Gasteiger partial charge in [-0.05, 0) is 24.5 Å². The highest BCUT2D eigenvalue weighted by molar-refractivity contribution is 5.94. The Balaban J connectivity index is 2.25. The molecule has 3 nitrogen and oxygen atoms in total. The van der Waals surface area contributed by atoms with E-state index >= 15 is 0 Å². The van der Waals surface area contributed by atoms with Crippen LogP contribution in [0.5, 0.6) is 0 Å². The van der Waals surface area contributed by atoms with Crippen molar-refractivity contribution < 1.29 is 4.79 Å². The van der Waals surface area contributed by atoms with Crippen LogP contribution in [-0.4, -0.2) is 17.0 Å². The number of rotatable bonds is 5. The zero-order chi connectivity index (χ0) is 14.5. The van der Waals surface area contributed by atoms with Crippen LogP contribution in [0, 0.1) is 5.92 Å². The van der Waals surface area contributed by atoms with Crippen LogP contribution in [0.4, 0.5) is 0 Å². The molecule has 2 aromatic rings. The van der Waals surface area contributed by atoms with Crippen LogP contribution in [0.3, 0.4) is 0 Å². The summed E-state index contributed by atoms with van der Waals surface area (Å²) in [7, 11) is 0. The third-order valence-electron chi connectivity index (χ3n) is 3.25. The Kier molecular flexibility index (Phi) is 4.61. The fraction of sp³-hybridized carbons (Fsp3) is 0.353. The number of aromatic nitrogens is 1. The van der Waals surface area contributed by atoms with Crippen LogP contribution in [0.2, 0.25) is 0 Å². The van der Waals surface area contributed by atoms with Crippen molar-refractivity contribution in [1.82, 2.24) is 9.88 Å². The standard InChI is InChI=1S/C17H22N2O/c1-4-19-12-15(14-8-6-5-7-9-14)10-16(19)17(20)18-11-13(2)3/h5-10,12-13H,4,11H2,1-3H3,(H,18,20). The molecule has 106 valence electrons. The molecule has 0 radical (unpaired) electrons. The molecule has 1 N–H and O–H groups in total. The van der Waals surface area contributed by atoms with Crippen molar-refractivity contribution in [3.8, 4) is 11.1 Å². The molecule has 1 amide bonds. The van der Waals surface area contributed by atoms with Crippen molar-refractivity contribution in [2.45, 2.75) is 27.3 Å². The van der Waals surface area contributed by atoms with Gasteiger partial charge in [-0.25, -0.2) is 0 Å². The van der Waals surface area contributed by atoms with E-state index in [4.69, 9.17) is 0 Å². The highest BCUT2D eigenvalue weighted by Gasteiger charge is 2.13. The van der Waals surface area contributed by atoms with E-state index in [9.17, 15) is 4.79 Å². The van der Waals surface area contributed by atoms with Crippen molar-refractivity contribution in [2.75, 3.05) is 6.54 Å². The van der Waals surface area contributed by atoms with Gasteiger partial charge in [-0.3, -0.25) is 4.79 Å². The second-order valence-electron chi connectivity index (χ2n) is 5.37. The third kappa shape index (κ3) is 3.29. The minimum absolute atomic E-state index is 0.00253. The maximum Gasteiger partial charge on any atom is 0.267 e. The summed E-state index contributed by atoms with van der Waals surface area (Å²) < 4.78 is 2.00. The maximum absolute atomic E-state index is 12.2. The number of hydrogen-bond donors (Lipinski definition) is 1. The molecule has 0 fully saturated rings. The Hall–Kier alpha value is -2.03. The van der Waals surface area contributed by atoms with Gasteiger partial charge in [0, 0.05) is 24.8 Å². The molecule has 3 heteroatoms. The fourth-order valence-corrected chi connectivity index (χ4v) is 2.14. The molecule has 1 heterocycles. The van der Waals surface area contributed by atoms with Gasteiger partial charge in [-0.2, -0.15) is 0 Å². The Morgan fingerprint density at radius 3 is 2.50 bits per heavy atom. The fourth-order valence-electron chi connectivity index (χ4n) is 2.14. The van der Waals surface area contributed by atoms with Gasteiger partial charge in [0.15, 0.2) is 0 Å².